The van der Waals surface area contributed by atoms with Gasteiger partial charge in [-0.2, -0.15) is 5.26 Å². The third-order valence-electron chi connectivity index (χ3n) is 4.26. The first-order chi connectivity index (χ1) is 14.1. The van der Waals surface area contributed by atoms with Crippen LogP contribution in [0.1, 0.15) is 11.1 Å². The van der Waals surface area contributed by atoms with Crippen LogP contribution in [-0.2, 0) is 4.79 Å². The molecular weight excluding hydrogens is 366 g/mol. The topological polar surface area (TPSA) is 68.6 Å². The molecule has 29 heavy (non-hydrogen) atoms. The van der Waals surface area contributed by atoms with Crippen LogP contribution in [0.25, 0.3) is 17.2 Å². The summed E-state index contributed by atoms with van der Waals surface area (Å²) in [5, 5.41) is 8.87. The highest BCUT2D eigenvalue weighted by Gasteiger charge is 2.05. The molecule has 0 aliphatic rings. The summed E-state index contributed by atoms with van der Waals surface area (Å²) in [6.45, 7) is 0. The molecule has 0 N–H and O–H groups in total. The fourth-order valence-corrected chi connectivity index (χ4v) is 2.73. The van der Waals surface area contributed by atoms with Crippen molar-refractivity contribution in [3.63, 3.8) is 0 Å². The van der Waals surface area contributed by atoms with Crippen molar-refractivity contribution in [2.45, 2.75) is 0 Å². The van der Waals surface area contributed by atoms with Gasteiger partial charge in [0.05, 0.1) is 25.9 Å². The number of hydrogen-bond donors (Lipinski definition) is 0. The number of esters is 1. The van der Waals surface area contributed by atoms with Gasteiger partial charge >= 0.3 is 5.97 Å². The molecule has 0 aliphatic heterocycles. The lowest BCUT2D eigenvalue weighted by Gasteiger charge is -2.07. The zero-order valence-corrected chi connectivity index (χ0v) is 16.1. The number of nitriles is 1. The van der Waals surface area contributed by atoms with Crippen LogP contribution in [0.3, 0.4) is 0 Å². The van der Waals surface area contributed by atoms with Gasteiger partial charge in [0.15, 0.2) is 0 Å². The summed E-state index contributed by atoms with van der Waals surface area (Å²) >= 11 is 0. The van der Waals surface area contributed by atoms with E-state index in [1.807, 2.05) is 24.3 Å². The number of carbonyl (C=O) groups excluding carboxylic acids is 1. The van der Waals surface area contributed by atoms with Crippen molar-refractivity contribution in [1.29, 1.82) is 5.26 Å². The highest BCUT2D eigenvalue weighted by molar-refractivity contribution is 5.89. The highest BCUT2D eigenvalue weighted by Crippen LogP contribution is 2.26. The number of rotatable bonds is 6. The molecule has 0 bridgehead atoms. The van der Waals surface area contributed by atoms with Crippen LogP contribution in [0.2, 0.25) is 0 Å². The Morgan fingerprint density at radius 1 is 0.862 bits per heavy atom. The van der Waals surface area contributed by atoms with Gasteiger partial charge in [-0.05, 0) is 59.7 Å². The third kappa shape index (κ3) is 5.02. The fourth-order valence-electron chi connectivity index (χ4n) is 2.73. The molecule has 0 aliphatic carbocycles. The summed E-state index contributed by atoms with van der Waals surface area (Å²) in [7, 11) is 3.14. The van der Waals surface area contributed by atoms with Crippen molar-refractivity contribution in [1.82, 2.24) is 0 Å². The first-order valence-corrected chi connectivity index (χ1v) is 8.85. The summed E-state index contributed by atoms with van der Waals surface area (Å²) in [6, 6.07) is 21.9. The van der Waals surface area contributed by atoms with E-state index in [2.05, 4.69) is 6.07 Å². The van der Waals surface area contributed by atoms with E-state index in [0.717, 1.165) is 11.1 Å². The molecule has 0 fully saturated rings. The van der Waals surface area contributed by atoms with E-state index in [0.29, 0.717) is 28.4 Å². The zero-order valence-electron chi connectivity index (χ0n) is 16.1. The minimum Gasteiger partial charge on any atom is -0.497 e. The molecule has 3 aromatic rings. The van der Waals surface area contributed by atoms with E-state index in [9.17, 15) is 4.79 Å². The van der Waals surface area contributed by atoms with Crippen LogP contribution in [0.4, 0.5) is 0 Å². The summed E-state index contributed by atoms with van der Waals surface area (Å²) < 4.78 is 15.8. The second-order valence-corrected chi connectivity index (χ2v) is 6.08. The van der Waals surface area contributed by atoms with Crippen LogP contribution in [-0.4, -0.2) is 20.2 Å². The molecule has 0 atom stereocenters. The molecule has 5 heteroatoms. The standard InChI is InChI=1S/C24H19NO4/c1-27-22-12-13-23(28-2)20(15-22)9-14-24(26)29-21-10-7-19(8-11-21)18-5-3-17(16-25)4-6-18/h3-15H,1-2H3/b14-9+. The van der Waals surface area contributed by atoms with Gasteiger partial charge in [-0.3, -0.25) is 0 Å². The molecule has 3 rings (SSSR count). The van der Waals surface area contributed by atoms with E-state index < -0.39 is 5.97 Å². The van der Waals surface area contributed by atoms with E-state index in [-0.39, 0.29) is 0 Å². The van der Waals surface area contributed by atoms with Crippen molar-refractivity contribution in [2.75, 3.05) is 14.2 Å². The Bertz CT molecular complexity index is 1060. The van der Waals surface area contributed by atoms with Crippen molar-refractivity contribution in [3.8, 4) is 34.4 Å². The van der Waals surface area contributed by atoms with Gasteiger partial charge in [0.1, 0.15) is 17.2 Å². The van der Waals surface area contributed by atoms with Crippen molar-refractivity contribution in [2.24, 2.45) is 0 Å². The molecule has 0 radical (unpaired) electrons. The molecule has 0 spiro atoms. The molecule has 0 unspecified atom stereocenters. The van der Waals surface area contributed by atoms with Crippen LogP contribution in [0.5, 0.6) is 17.2 Å². The highest BCUT2D eigenvalue weighted by atomic mass is 16.5. The predicted molar refractivity (Wildman–Crippen MR) is 111 cm³/mol. The average Bonchev–Trinajstić information content (AvgIpc) is 2.78. The zero-order chi connectivity index (χ0) is 20.6. The molecule has 0 amide bonds. The summed E-state index contributed by atoms with van der Waals surface area (Å²) in [5.74, 6) is 1.23. The monoisotopic (exact) mass is 385 g/mol. The molecule has 144 valence electrons. The average molecular weight is 385 g/mol. The first kappa shape index (κ1) is 19.7. The van der Waals surface area contributed by atoms with Crippen LogP contribution in [0, 0.1) is 11.3 Å². The molecule has 5 nitrogen and oxygen atoms in total. The SMILES string of the molecule is COc1ccc(OC)c(/C=C/C(=O)Oc2ccc(-c3ccc(C#N)cc3)cc2)c1. The molecule has 0 heterocycles. The predicted octanol–water partition coefficient (Wildman–Crippen LogP) is 4.86. The van der Waals surface area contributed by atoms with Gasteiger partial charge in [-0.15, -0.1) is 0 Å². The van der Waals surface area contributed by atoms with Gasteiger partial charge in [0.2, 0.25) is 0 Å². The lowest BCUT2D eigenvalue weighted by atomic mass is 10.0. The molecule has 0 saturated carbocycles. The Balaban J connectivity index is 1.68. The normalized spacial score (nSPS) is 10.4. The van der Waals surface area contributed by atoms with Crippen LogP contribution >= 0.6 is 0 Å². The van der Waals surface area contributed by atoms with Gasteiger partial charge < -0.3 is 14.2 Å². The molecule has 0 saturated heterocycles. The van der Waals surface area contributed by atoms with Gasteiger partial charge in [0, 0.05) is 11.6 Å². The van der Waals surface area contributed by atoms with E-state index >= 15 is 0 Å². The second-order valence-electron chi connectivity index (χ2n) is 6.08. The molecular formula is C24H19NO4. The molecule has 3 aromatic carbocycles. The maximum absolute atomic E-state index is 12.2. The Hall–Kier alpha value is -4.04. The quantitative estimate of drug-likeness (QED) is 0.344. The number of methoxy groups -OCH3 is 2. The number of ether oxygens (including phenoxy) is 3. The van der Waals surface area contributed by atoms with Crippen LogP contribution < -0.4 is 14.2 Å². The third-order valence-corrected chi connectivity index (χ3v) is 4.26. The van der Waals surface area contributed by atoms with Crippen molar-refractivity contribution in [3.05, 3.63) is 83.9 Å². The lowest BCUT2D eigenvalue weighted by molar-refractivity contribution is -0.128. The Morgan fingerprint density at radius 3 is 2.07 bits per heavy atom. The minimum atomic E-state index is -0.499. The van der Waals surface area contributed by atoms with E-state index in [4.69, 9.17) is 19.5 Å². The number of benzene rings is 3. The Labute approximate surface area is 169 Å². The summed E-state index contributed by atoms with van der Waals surface area (Å²) in [4.78, 5) is 12.2. The smallest absolute Gasteiger partial charge is 0.336 e. The second kappa shape index (κ2) is 9.25. The first-order valence-electron chi connectivity index (χ1n) is 8.85. The van der Waals surface area contributed by atoms with Gasteiger partial charge in [-0.1, -0.05) is 24.3 Å². The minimum absolute atomic E-state index is 0.439. The van der Waals surface area contributed by atoms with E-state index in [1.165, 1.54) is 6.08 Å². The number of hydrogen-bond acceptors (Lipinski definition) is 5. The largest absolute Gasteiger partial charge is 0.497 e. The lowest BCUT2D eigenvalue weighted by Crippen LogP contribution is -2.03. The maximum atomic E-state index is 12.2. The van der Waals surface area contributed by atoms with Crippen molar-refractivity contribution < 1.29 is 19.0 Å². The van der Waals surface area contributed by atoms with E-state index in [1.54, 1.807) is 62.8 Å². The Kier molecular flexibility index (Phi) is 6.29. The van der Waals surface area contributed by atoms with Gasteiger partial charge in [0.25, 0.3) is 0 Å². The fraction of sp³-hybridized carbons (Fsp3) is 0.0833. The Morgan fingerprint density at radius 2 is 1.48 bits per heavy atom. The maximum Gasteiger partial charge on any atom is 0.336 e. The van der Waals surface area contributed by atoms with Crippen molar-refractivity contribution >= 4 is 12.0 Å². The number of nitrogens with zero attached hydrogens (tertiary/aromatic N) is 1. The van der Waals surface area contributed by atoms with Crippen LogP contribution in [0.15, 0.2) is 72.8 Å². The van der Waals surface area contributed by atoms with Gasteiger partial charge in [-0.25, -0.2) is 4.79 Å². The summed E-state index contributed by atoms with van der Waals surface area (Å²) in [5.41, 5.74) is 3.26. The summed E-state index contributed by atoms with van der Waals surface area (Å²) in [6.07, 6.45) is 2.96. The molecule has 0 aromatic heterocycles. The number of carbonyl (C=O) groups is 1.